The normalized spacial score (nSPS) is 10.5. The van der Waals surface area contributed by atoms with Crippen molar-refractivity contribution in [1.29, 1.82) is 0 Å². The SMILES string of the molecule is O=C(CNC(=O)c1cn(Cc2ccccc2)nn1)Nc1ccc(F)c(F)c1F. The van der Waals surface area contributed by atoms with Crippen molar-refractivity contribution in [3.8, 4) is 0 Å². The second-order valence-electron chi connectivity index (χ2n) is 5.74. The van der Waals surface area contributed by atoms with Gasteiger partial charge >= 0.3 is 0 Å². The molecular weight excluding hydrogens is 375 g/mol. The van der Waals surface area contributed by atoms with Gasteiger partial charge in [-0.1, -0.05) is 35.5 Å². The number of nitrogens with zero attached hydrogens (tertiary/aromatic N) is 3. The van der Waals surface area contributed by atoms with Crippen LogP contribution in [0.15, 0.2) is 48.7 Å². The molecule has 7 nitrogen and oxygen atoms in total. The molecule has 0 aliphatic heterocycles. The standard InChI is InChI=1S/C18H14F3N5O2/c19-12-6-7-13(17(21)16(12)20)23-15(27)8-22-18(28)14-10-26(25-24-14)9-11-4-2-1-3-5-11/h1-7,10H,8-9H2,(H,22,28)(H,23,27). The van der Waals surface area contributed by atoms with E-state index in [1.165, 1.54) is 10.9 Å². The van der Waals surface area contributed by atoms with E-state index in [2.05, 4.69) is 15.6 Å². The number of amides is 2. The van der Waals surface area contributed by atoms with Crippen LogP contribution >= 0.6 is 0 Å². The topological polar surface area (TPSA) is 88.9 Å². The van der Waals surface area contributed by atoms with Gasteiger partial charge in [-0.2, -0.15) is 0 Å². The average Bonchev–Trinajstić information content (AvgIpc) is 3.16. The molecule has 3 rings (SSSR count). The zero-order valence-corrected chi connectivity index (χ0v) is 14.3. The van der Waals surface area contributed by atoms with Crippen LogP contribution in [0, 0.1) is 17.5 Å². The van der Waals surface area contributed by atoms with Crippen LogP contribution in [0.25, 0.3) is 0 Å². The van der Waals surface area contributed by atoms with Crippen LogP contribution in [0.3, 0.4) is 0 Å². The molecule has 2 amide bonds. The van der Waals surface area contributed by atoms with Crippen molar-refractivity contribution in [2.24, 2.45) is 0 Å². The molecule has 1 heterocycles. The summed E-state index contributed by atoms with van der Waals surface area (Å²) in [5.41, 5.74) is 0.419. The Kier molecular flexibility index (Phi) is 5.68. The number of hydrogen-bond donors (Lipinski definition) is 2. The Labute approximate surface area is 157 Å². The zero-order valence-electron chi connectivity index (χ0n) is 14.3. The van der Waals surface area contributed by atoms with Crippen molar-refractivity contribution in [3.63, 3.8) is 0 Å². The average molecular weight is 389 g/mol. The highest BCUT2D eigenvalue weighted by Gasteiger charge is 2.16. The Morgan fingerprint density at radius 3 is 2.50 bits per heavy atom. The molecule has 0 radical (unpaired) electrons. The first-order valence-electron chi connectivity index (χ1n) is 8.09. The highest BCUT2D eigenvalue weighted by molar-refractivity contribution is 5.98. The van der Waals surface area contributed by atoms with Crippen molar-refractivity contribution in [2.75, 3.05) is 11.9 Å². The van der Waals surface area contributed by atoms with Gasteiger partial charge in [0.25, 0.3) is 5.91 Å². The highest BCUT2D eigenvalue weighted by atomic mass is 19.2. The Bertz CT molecular complexity index is 1010. The minimum atomic E-state index is -1.70. The summed E-state index contributed by atoms with van der Waals surface area (Å²) in [6, 6.07) is 11.0. The van der Waals surface area contributed by atoms with Crippen LogP contribution < -0.4 is 10.6 Å². The maximum Gasteiger partial charge on any atom is 0.273 e. The molecule has 0 atom stereocenters. The number of benzene rings is 2. The first kappa shape index (κ1) is 19.1. The van der Waals surface area contributed by atoms with Crippen molar-refractivity contribution in [3.05, 3.63) is 77.4 Å². The number of anilines is 1. The van der Waals surface area contributed by atoms with E-state index in [1.54, 1.807) is 0 Å². The van der Waals surface area contributed by atoms with E-state index in [0.29, 0.717) is 12.6 Å². The van der Waals surface area contributed by atoms with Gasteiger partial charge in [0.15, 0.2) is 23.1 Å². The lowest BCUT2D eigenvalue weighted by atomic mass is 10.2. The molecule has 0 fully saturated rings. The Morgan fingerprint density at radius 1 is 1.00 bits per heavy atom. The minimum absolute atomic E-state index is 0.0114. The van der Waals surface area contributed by atoms with E-state index >= 15 is 0 Å². The van der Waals surface area contributed by atoms with Gasteiger partial charge in [-0.25, -0.2) is 17.9 Å². The van der Waals surface area contributed by atoms with Crippen molar-refractivity contribution in [2.45, 2.75) is 6.54 Å². The van der Waals surface area contributed by atoms with Crippen LogP contribution in [-0.4, -0.2) is 33.4 Å². The van der Waals surface area contributed by atoms with E-state index in [0.717, 1.165) is 11.6 Å². The molecule has 144 valence electrons. The lowest BCUT2D eigenvalue weighted by Gasteiger charge is -2.07. The summed E-state index contributed by atoms with van der Waals surface area (Å²) >= 11 is 0. The number of aromatic nitrogens is 3. The molecule has 1 aromatic heterocycles. The number of hydrogen-bond acceptors (Lipinski definition) is 4. The maximum atomic E-state index is 13.5. The van der Waals surface area contributed by atoms with Crippen molar-refractivity contribution < 1.29 is 22.8 Å². The lowest BCUT2D eigenvalue weighted by Crippen LogP contribution is -2.33. The fourth-order valence-electron chi connectivity index (χ4n) is 2.32. The first-order chi connectivity index (χ1) is 13.4. The third-order valence-corrected chi connectivity index (χ3v) is 3.68. The van der Waals surface area contributed by atoms with Gasteiger partial charge in [-0.3, -0.25) is 9.59 Å². The largest absolute Gasteiger partial charge is 0.342 e. The van der Waals surface area contributed by atoms with Crippen molar-refractivity contribution >= 4 is 17.5 Å². The molecule has 0 saturated heterocycles. The molecule has 0 spiro atoms. The van der Waals surface area contributed by atoms with Gasteiger partial charge in [0.05, 0.1) is 25.0 Å². The third kappa shape index (κ3) is 4.53. The quantitative estimate of drug-likeness (QED) is 0.632. The molecule has 0 bridgehead atoms. The second-order valence-corrected chi connectivity index (χ2v) is 5.74. The number of rotatable bonds is 6. The van der Waals surface area contributed by atoms with Crippen LogP contribution in [0.4, 0.5) is 18.9 Å². The van der Waals surface area contributed by atoms with Gasteiger partial charge < -0.3 is 10.6 Å². The monoisotopic (exact) mass is 389 g/mol. The zero-order chi connectivity index (χ0) is 20.1. The fraction of sp³-hybridized carbons (Fsp3) is 0.111. The van der Waals surface area contributed by atoms with E-state index in [1.807, 2.05) is 35.6 Å². The lowest BCUT2D eigenvalue weighted by molar-refractivity contribution is -0.115. The predicted molar refractivity (Wildman–Crippen MR) is 92.8 cm³/mol. The molecule has 2 N–H and O–H groups in total. The third-order valence-electron chi connectivity index (χ3n) is 3.68. The fourth-order valence-corrected chi connectivity index (χ4v) is 2.32. The highest BCUT2D eigenvalue weighted by Crippen LogP contribution is 2.19. The smallest absolute Gasteiger partial charge is 0.273 e. The van der Waals surface area contributed by atoms with Gasteiger partial charge in [-0.15, -0.1) is 5.10 Å². The van der Waals surface area contributed by atoms with E-state index in [4.69, 9.17) is 0 Å². The summed E-state index contributed by atoms with van der Waals surface area (Å²) < 4.78 is 41.0. The molecule has 3 aromatic rings. The number of carbonyl (C=O) groups excluding carboxylic acids is 2. The van der Waals surface area contributed by atoms with Gasteiger partial charge in [0, 0.05) is 0 Å². The summed E-state index contributed by atoms with van der Waals surface area (Å²) in [6.07, 6.45) is 1.41. The predicted octanol–water partition coefficient (Wildman–Crippen LogP) is 2.11. The summed E-state index contributed by atoms with van der Waals surface area (Å²) in [7, 11) is 0. The Hall–Kier alpha value is -3.69. The van der Waals surface area contributed by atoms with Gasteiger partial charge in [0.2, 0.25) is 5.91 Å². The van der Waals surface area contributed by atoms with Crippen LogP contribution in [0.1, 0.15) is 16.1 Å². The summed E-state index contributed by atoms with van der Waals surface area (Å²) in [6.45, 7) is -0.111. The molecule has 28 heavy (non-hydrogen) atoms. The molecule has 0 aliphatic rings. The maximum absolute atomic E-state index is 13.5. The van der Waals surface area contributed by atoms with Crippen LogP contribution in [0.5, 0.6) is 0 Å². The summed E-state index contributed by atoms with van der Waals surface area (Å²) in [5, 5.41) is 11.9. The molecular formula is C18H14F3N5O2. The number of carbonyl (C=O) groups is 2. The summed E-state index contributed by atoms with van der Waals surface area (Å²) in [5.74, 6) is -6.09. The Balaban J connectivity index is 1.54. The van der Waals surface area contributed by atoms with E-state index in [-0.39, 0.29) is 5.69 Å². The van der Waals surface area contributed by atoms with Gasteiger partial charge in [0.1, 0.15) is 0 Å². The van der Waals surface area contributed by atoms with E-state index < -0.39 is 41.5 Å². The second kappa shape index (κ2) is 8.33. The first-order valence-corrected chi connectivity index (χ1v) is 8.09. The number of nitrogens with one attached hydrogen (secondary N) is 2. The van der Waals surface area contributed by atoms with Crippen molar-refractivity contribution in [1.82, 2.24) is 20.3 Å². The summed E-state index contributed by atoms with van der Waals surface area (Å²) in [4.78, 5) is 23.8. The van der Waals surface area contributed by atoms with Crippen LogP contribution in [-0.2, 0) is 11.3 Å². The molecule has 10 heteroatoms. The molecule has 0 saturated carbocycles. The molecule has 0 unspecified atom stereocenters. The van der Waals surface area contributed by atoms with Gasteiger partial charge in [-0.05, 0) is 17.7 Å². The Morgan fingerprint density at radius 2 is 1.75 bits per heavy atom. The van der Waals surface area contributed by atoms with E-state index in [9.17, 15) is 22.8 Å². The number of halogens is 3. The van der Waals surface area contributed by atoms with Crippen LogP contribution in [0.2, 0.25) is 0 Å². The molecule has 2 aromatic carbocycles. The molecule has 0 aliphatic carbocycles. The minimum Gasteiger partial charge on any atom is -0.342 e.